The van der Waals surface area contributed by atoms with Gasteiger partial charge in [-0.1, -0.05) is 0 Å². The molecule has 0 amide bonds. The predicted octanol–water partition coefficient (Wildman–Crippen LogP) is 7.80. The Morgan fingerprint density at radius 1 is 0.607 bits per heavy atom. The van der Waals surface area contributed by atoms with Gasteiger partial charge in [-0.15, -0.1) is 0 Å². The highest BCUT2D eigenvalue weighted by Gasteiger charge is 2.25. The zero-order valence-electron chi connectivity index (χ0n) is 29.0. The van der Waals surface area contributed by atoms with E-state index in [0.29, 0.717) is 24.3 Å². The van der Waals surface area contributed by atoms with Crippen molar-refractivity contribution in [3.8, 4) is 62.4 Å². The molecule has 0 spiro atoms. The Bertz CT molecular complexity index is 2930. The first-order chi connectivity index (χ1) is 27.4. The number of aromatic amines is 1. The van der Waals surface area contributed by atoms with Gasteiger partial charge in [-0.2, -0.15) is 22.7 Å². The van der Waals surface area contributed by atoms with Crippen molar-refractivity contribution in [1.82, 2.24) is 29.1 Å². The molecule has 276 valence electrons. The Kier molecular flexibility index (Phi) is 9.46. The lowest BCUT2D eigenvalue weighted by molar-refractivity contribution is 0.292. The average molecular weight is 844 g/mol. The van der Waals surface area contributed by atoms with Crippen molar-refractivity contribution in [2.45, 2.75) is 19.8 Å². The summed E-state index contributed by atoms with van der Waals surface area (Å²) in [6.07, 6.45) is 5.17. The monoisotopic (exact) mass is 842 g/mol. The number of H-pyrrole nitrogens is 1. The largest absolute Gasteiger partial charge is 0.485 e. The molecule has 15 heteroatoms. The van der Waals surface area contributed by atoms with Crippen molar-refractivity contribution in [3.05, 3.63) is 172 Å². The van der Waals surface area contributed by atoms with Crippen LogP contribution in [0.15, 0.2) is 138 Å². The van der Waals surface area contributed by atoms with Crippen LogP contribution in [-0.2, 0) is 19.8 Å². The molecule has 0 fully saturated rings. The molecule has 3 aliphatic rings. The minimum atomic E-state index is -0.114. The van der Waals surface area contributed by atoms with E-state index in [1.807, 2.05) is 82.2 Å². The third-order valence-corrected chi connectivity index (χ3v) is 11.1. The van der Waals surface area contributed by atoms with Crippen molar-refractivity contribution < 1.29 is 14.2 Å². The second kappa shape index (κ2) is 15.0. The molecule has 56 heavy (non-hydrogen) atoms. The van der Waals surface area contributed by atoms with Crippen LogP contribution in [0, 0.1) is 0 Å². The van der Waals surface area contributed by atoms with Gasteiger partial charge in [0.15, 0.2) is 0 Å². The topological polar surface area (TPSA) is 143 Å². The van der Waals surface area contributed by atoms with Crippen LogP contribution >= 0.6 is 38.6 Å². The van der Waals surface area contributed by atoms with E-state index in [9.17, 15) is 14.4 Å². The van der Waals surface area contributed by atoms with E-state index in [1.54, 1.807) is 62.5 Å². The minimum absolute atomic E-state index is 0.0508. The van der Waals surface area contributed by atoms with E-state index in [1.165, 1.54) is 6.07 Å². The first-order valence-electron chi connectivity index (χ1n) is 17.2. The van der Waals surface area contributed by atoms with Gasteiger partial charge in [0.05, 0.1) is 32.9 Å². The Balaban J connectivity index is 0.000000111. The van der Waals surface area contributed by atoms with E-state index in [2.05, 4.69) is 35.9 Å². The highest BCUT2D eigenvalue weighted by molar-refractivity contribution is 9.10. The fourth-order valence-electron chi connectivity index (χ4n) is 6.65. The summed E-state index contributed by atoms with van der Waals surface area (Å²) in [5.74, 6) is 2.26. The van der Waals surface area contributed by atoms with Gasteiger partial charge in [0.1, 0.15) is 54.2 Å². The van der Waals surface area contributed by atoms with Crippen LogP contribution in [-0.4, -0.2) is 29.1 Å². The van der Waals surface area contributed by atoms with Gasteiger partial charge in [0, 0.05) is 58.2 Å². The Morgan fingerprint density at radius 3 is 1.75 bits per heavy atom. The molecular weight excluding hydrogens is 817 g/mol. The van der Waals surface area contributed by atoms with Crippen LogP contribution in [0.1, 0.15) is 17.1 Å². The van der Waals surface area contributed by atoms with Gasteiger partial charge in [-0.3, -0.25) is 38.5 Å². The fraction of sp³-hybridized carbons (Fsp3) is 0.0732. The molecule has 8 aromatic heterocycles. The number of hydrogen-bond donors (Lipinski definition) is 1. The Hall–Kier alpha value is -6.42. The van der Waals surface area contributed by atoms with Crippen molar-refractivity contribution in [3.63, 3.8) is 0 Å². The molecule has 0 radical (unpaired) electrons. The number of halogens is 1. The highest BCUT2D eigenvalue weighted by Crippen LogP contribution is 2.38. The fourth-order valence-corrected chi connectivity index (χ4v) is 8.30. The SMILES string of the molecule is O=c1c(Br)cc2c(n1-c1ccsc1)COc1cccnc1-2.O=c1ccc2c([nH]1)COc1cccnc1-2.O=c1ccc2c(n1-c1ccsc1)COc1cccnc1-2. The van der Waals surface area contributed by atoms with Crippen molar-refractivity contribution >= 4 is 38.6 Å². The predicted molar refractivity (Wildman–Crippen MR) is 217 cm³/mol. The summed E-state index contributed by atoms with van der Waals surface area (Å²) >= 11 is 6.48. The summed E-state index contributed by atoms with van der Waals surface area (Å²) < 4.78 is 20.9. The average Bonchev–Trinajstić information content (AvgIpc) is 3.98. The zero-order chi connectivity index (χ0) is 38.2. The molecule has 11 rings (SSSR count). The number of nitrogens with zero attached hydrogens (tertiary/aromatic N) is 5. The number of rotatable bonds is 2. The molecule has 12 nitrogen and oxygen atoms in total. The molecule has 0 bridgehead atoms. The number of nitrogens with one attached hydrogen (secondary N) is 1. The van der Waals surface area contributed by atoms with Crippen molar-refractivity contribution in [2.75, 3.05) is 0 Å². The molecule has 0 unspecified atom stereocenters. The second-order valence-electron chi connectivity index (χ2n) is 12.5. The smallest absolute Gasteiger partial charge is 0.269 e. The van der Waals surface area contributed by atoms with E-state index in [0.717, 1.165) is 79.5 Å². The van der Waals surface area contributed by atoms with Crippen molar-refractivity contribution in [1.29, 1.82) is 0 Å². The Morgan fingerprint density at radius 2 is 1.14 bits per heavy atom. The lowest BCUT2D eigenvalue weighted by Crippen LogP contribution is -2.26. The van der Waals surface area contributed by atoms with Crippen LogP contribution in [0.5, 0.6) is 17.2 Å². The summed E-state index contributed by atoms with van der Waals surface area (Å²) in [6, 6.07) is 23.5. The third kappa shape index (κ3) is 6.55. The first-order valence-corrected chi connectivity index (χ1v) is 19.8. The number of aromatic nitrogens is 6. The van der Waals surface area contributed by atoms with Crippen LogP contribution in [0.2, 0.25) is 0 Å². The molecule has 3 aliphatic heterocycles. The molecular formula is C41H27BrN6O6S2. The lowest BCUT2D eigenvalue weighted by atomic mass is 10.1. The molecule has 8 aromatic rings. The van der Waals surface area contributed by atoms with E-state index in [-0.39, 0.29) is 16.7 Å². The maximum Gasteiger partial charge on any atom is 0.269 e. The van der Waals surface area contributed by atoms with Gasteiger partial charge in [0.25, 0.3) is 11.1 Å². The van der Waals surface area contributed by atoms with Crippen molar-refractivity contribution in [2.24, 2.45) is 0 Å². The van der Waals surface area contributed by atoms with Gasteiger partial charge < -0.3 is 19.2 Å². The van der Waals surface area contributed by atoms with Crippen LogP contribution in [0.4, 0.5) is 0 Å². The summed E-state index contributed by atoms with van der Waals surface area (Å²) in [5, 5.41) is 7.81. The summed E-state index contributed by atoms with van der Waals surface area (Å²) in [7, 11) is 0. The number of fused-ring (bicyclic) bond motifs is 9. The summed E-state index contributed by atoms with van der Waals surface area (Å²) in [6.45, 7) is 1.12. The maximum atomic E-state index is 12.5. The van der Waals surface area contributed by atoms with Gasteiger partial charge >= 0.3 is 0 Å². The van der Waals surface area contributed by atoms with Gasteiger partial charge in [0.2, 0.25) is 5.56 Å². The van der Waals surface area contributed by atoms with Gasteiger partial charge in [-0.25, -0.2) is 0 Å². The Labute approximate surface area is 334 Å². The van der Waals surface area contributed by atoms with Gasteiger partial charge in [-0.05, 0) is 93.4 Å². The number of thiophene rings is 2. The summed E-state index contributed by atoms with van der Waals surface area (Å²) in [4.78, 5) is 51.6. The highest BCUT2D eigenvalue weighted by atomic mass is 79.9. The molecule has 0 atom stereocenters. The summed E-state index contributed by atoms with van der Waals surface area (Å²) in [5.41, 5.74) is 9.10. The second-order valence-corrected chi connectivity index (χ2v) is 14.9. The molecule has 0 saturated carbocycles. The van der Waals surface area contributed by atoms with E-state index >= 15 is 0 Å². The quantitative estimate of drug-likeness (QED) is 0.185. The number of pyridine rings is 6. The third-order valence-electron chi connectivity index (χ3n) is 9.16. The first kappa shape index (κ1) is 35.3. The van der Waals surface area contributed by atoms with E-state index in [4.69, 9.17) is 14.2 Å². The molecule has 0 aromatic carbocycles. The minimum Gasteiger partial charge on any atom is -0.485 e. The molecule has 0 saturated heterocycles. The standard InChI is InChI=1S/C15H9BrN2O2S.C15H10N2O2S.C11H8N2O2/c16-11-6-10-12(7-20-13-2-1-4-17-14(10)13)18(15(11)19)9-3-5-21-8-9;18-14-4-3-11-12(17(14)10-5-7-20-9-10)8-19-13-2-1-6-16-15(11)13;14-10-4-3-7-8(13-10)6-15-9-2-1-5-12-11(7)9/h1-6,8H,7H2;1-7,9H,8H2;1-5H,6H2,(H,13,14). The number of ether oxygens (including phenoxy) is 3. The van der Waals surface area contributed by atoms with Crippen LogP contribution < -0.4 is 30.9 Å². The zero-order valence-corrected chi connectivity index (χ0v) is 32.3. The molecule has 11 heterocycles. The molecule has 1 N–H and O–H groups in total. The molecule has 0 aliphatic carbocycles. The van der Waals surface area contributed by atoms with Crippen LogP contribution in [0.25, 0.3) is 45.1 Å². The lowest BCUT2D eigenvalue weighted by Gasteiger charge is -2.23. The van der Waals surface area contributed by atoms with E-state index < -0.39 is 0 Å². The maximum absolute atomic E-state index is 12.5. The normalized spacial score (nSPS) is 12.4. The van der Waals surface area contributed by atoms with Crippen LogP contribution in [0.3, 0.4) is 0 Å². The number of hydrogen-bond acceptors (Lipinski definition) is 11.